The lowest BCUT2D eigenvalue weighted by Crippen LogP contribution is -2.34. The molecule has 3 heteroatoms. The van der Waals surface area contributed by atoms with E-state index < -0.39 is 0 Å². The first-order valence-electron chi connectivity index (χ1n) is 6.46. The highest BCUT2D eigenvalue weighted by Crippen LogP contribution is 2.24. The molecule has 15 heavy (non-hydrogen) atoms. The Morgan fingerprint density at radius 2 is 2.13 bits per heavy atom. The lowest BCUT2D eigenvalue weighted by Gasteiger charge is -2.26. The third-order valence-electron chi connectivity index (χ3n) is 3.92. The first kappa shape index (κ1) is 11.4. The van der Waals surface area contributed by atoms with Gasteiger partial charge in [0.15, 0.2) is 0 Å². The van der Waals surface area contributed by atoms with Gasteiger partial charge in [-0.25, -0.2) is 0 Å². The van der Waals surface area contributed by atoms with Crippen molar-refractivity contribution in [2.75, 3.05) is 32.8 Å². The molecule has 2 atom stereocenters. The van der Waals surface area contributed by atoms with Crippen LogP contribution in [0.4, 0.5) is 0 Å². The summed E-state index contributed by atoms with van der Waals surface area (Å²) in [5.74, 6) is 0.756. The first-order chi connectivity index (χ1) is 7.40. The second kappa shape index (κ2) is 5.83. The van der Waals surface area contributed by atoms with Crippen molar-refractivity contribution in [2.24, 2.45) is 5.92 Å². The smallest absolute Gasteiger partial charge is 0.0434 e. The summed E-state index contributed by atoms with van der Waals surface area (Å²) in [5, 5.41) is 12.4. The molecule has 0 aromatic heterocycles. The van der Waals surface area contributed by atoms with Gasteiger partial charge < -0.3 is 15.3 Å². The van der Waals surface area contributed by atoms with Crippen molar-refractivity contribution in [3.63, 3.8) is 0 Å². The summed E-state index contributed by atoms with van der Waals surface area (Å²) in [6.07, 6.45) is 6.29. The topological polar surface area (TPSA) is 35.5 Å². The van der Waals surface area contributed by atoms with E-state index in [2.05, 4.69) is 10.2 Å². The van der Waals surface area contributed by atoms with Crippen LogP contribution in [0.5, 0.6) is 0 Å². The summed E-state index contributed by atoms with van der Waals surface area (Å²) < 4.78 is 0. The van der Waals surface area contributed by atoms with E-state index in [-0.39, 0.29) is 0 Å². The Labute approximate surface area is 92.8 Å². The maximum Gasteiger partial charge on any atom is 0.0434 e. The number of hydrogen-bond acceptors (Lipinski definition) is 3. The first-order valence-corrected chi connectivity index (χ1v) is 6.46. The maximum absolute atomic E-state index is 8.94. The van der Waals surface area contributed by atoms with Crippen LogP contribution in [-0.2, 0) is 0 Å². The summed E-state index contributed by atoms with van der Waals surface area (Å²) in [6.45, 7) is 5.24. The Hall–Kier alpha value is -0.120. The average molecular weight is 212 g/mol. The molecule has 2 aliphatic heterocycles. The Morgan fingerprint density at radius 3 is 3.00 bits per heavy atom. The van der Waals surface area contributed by atoms with Crippen LogP contribution in [0, 0.1) is 5.92 Å². The molecule has 3 nitrogen and oxygen atoms in total. The molecule has 0 aromatic rings. The molecule has 0 amide bonds. The average Bonchev–Trinajstić information content (AvgIpc) is 2.53. The van der Waals surface area contributed by atoms with Crippen LogP contribution in [0.2, 0.25) is 0 Å². The Bertz CT molecular complexity index is 178. The standard InChI is InChI=1S/C12H24N2O/c15-9-5-11-4-8-14(10-11)12-2-1-6-13-7-3-12/h11-13,15H,1-10H2. The van der Waals surface area contributed by atoms with Crippen molar-refractivity contribution in [3.05, 3.63) is 0 Å². The molecular weight excluding hydrogens is 188 g/mol. The minimum absolute atomic E-state index is 0.366. The van der Waals surface area contributed by atoms with Crippen molar-refractivity contribution in [2.45, 2.75) is 38.1 Å². The number of aliphatic hydroxyl groups is 1. The molecule has 0 spiro atoms. The monoisotopic (exact) mass is 212 g/mol. The summed E-state index contributed by atoms with van der Waals surface area (Å²) >= 11 is 0. The van der Waals surface area contributed by atoms with Gasteiger partial charge in [0.1, 0.15) is 0 Å². The van der Waals surface area contributed by atoms with Gasteiger partial charge in [-0.1, -0.05) is 0 Å². The minimum Gasteiger partial charge on any atom is -0.396 e. The molecule has 2 rings (SSSR count). The number of hydrogen-bond donors (Lipinski definition) is 2. The molecule has 2 saturated heterocycles. The van der Waals surface area contributed by atoms with Crippen LogP contribution in [0.3, 0.4) is 0 Å². The van der Waals surface area contributed by atoms with Gasteiger partial charge in [0.05, 0.1) is 0 Å². The van der Waals surface area contributed by atoms with E-state index in [0.29, 0.717) is 6.61 Å². The molecule has 0 aliphatic carbocycles. The molecule has 0 saturated carbocycles. The number of rotatable bonds is 3. The van der Waals surface area contributed by atoms with Crippen LogP contribution in [0.1, 0.15) is 32.1 Å². The highest BCUT2D eigenvalue weighted by Gasteiger charge is 2.27. The third kappa shape index (κ3) is 3.16. The molecular formula is C12H24N2O. The zero-order chi connectivity index (χ0) is 10.5. The van der Waals surface area contributed by atoms with E-state index in [9.17, 15) is 0 Å². The van der Waals surface area contributed by atoms with Gasteiger partial charge in [-0.3, -0.25) is 0 Å². The van der Waals surface area contributed by atoms with Crippen molar-refractivity contribution < 1.29 is 5.11 Å². The fourth-order valence-corrected chi connectivity index (χ4v) is 2.98. The zero-order valence-corrected chi connectivity index (χ0v) is 9.62. The summed E-state index contributed by atoms with van der Waals surface area (Å²) in [4.78, 5) is 2.66. The van der Waals surface area contributed by atoms with Crippen molar-refractivity contribution in [1.29, 1.82) is 0 Å². The predicted molar refractivity (Wildman–Crippen MR) is 61.9 cm³/mol. The van der Waals surface area contributed by atoms with E-state index in [1.165, 1.54) is 51.9 Å². The van der Waals surface area contributed by atoms with Gasteiger partial charge in [-0.2, -0.15) is 0 Å². The summed E-state index contributed by atoms with van der Waals surface area (Å²) in [6, 6.07) is 0.809. The van der Waals surface area contributed by atoms with E-state index >= 15 is 0 Å². The number of nitrogens with zero attached hydrogens (tertiary/aromatic N) is 1. The molecule has 0 aromatic carbocycles. The molecule has 0 bridgehead atoms. The molecule has 2 unspecified atom stereocenters. The van der Waals surface area contributed by atoms with Gasteiger partial charge in [0.25, 0.3) is 0 Å². The van der Waals surface area contributed by atoms with Gasteiger partial charge in [-0.15, -0.1) is 0 Å². The molecule has 2 heterocycles. The van der Waals surface area contributed by atoms with Crippen molar-refractivity contribution in [1.82, 2.24) is 10.2 Å². The number of aliphatic hydroxyl groups excluding tert-OH is 1. The van der Waals surface area contributed by atoms with Crippen LogP contribution in [0.15, 0.2) is 0 Å². The molecule has 2 aliphatic rings. The highest BCUT2D eigenvalue weighted by atomic mass is 16.3. The second-order valence-corrected chi connectivity index (χ2v) is 5.00. The normalized spacial score (nSPS) is 34.2. The maximum atomic E-state index is 8.94. The molecule has 2 fully saturated rings. The van der Waals surface area contributed by atoms with Gasteiger partial charge >= 0.3 is 0 Å². The Kier molecular flexibility index (Phi) is 4.42. The van der Waals surface area contributed by atoms with Crippen molar-refractivity contribution in [3.8, 4) is 0 Å². The minimum atomic E-state index is 0.366. The largest absolute Gasteiger partial charge is 0.396 e. The Morgan fingerprint density at radius 1 is 1.20 bits per heavy atom. The number of nitrogens with one attached hydrogen (secondary N) is 1. The highest BCUT2D eigenvalue weighted by molar-refractivity contribution is 4.83. The van der Waals surface area contributed by atoms with Crippen LogP contribution in [-0.4, -0.2) is 48.8 Å². The predicted octanol–water partition coefficient (Wildman–Crippen LogP) is 0.833. The van der Waals surface area contributed by atoms with Crippen LogP contribution >= 0.6 is 0 Å². The van der Waals surface area contributed by atoms with E-state index in [4.69, 9.17) is 5.11 Å². The Balaban J connectivity index is 1.78. The van der Waals surface area contributed by atoms with Gasteiger partial charge in [0.2, 0.25) is 0 Å². The van der Waals surface area contributed by atoms with Crippen molar-refractivity contribution >= 4 is 0 Å². The van der Waals surface area contributed by atoms with E-state index in [1.807, 2.05) is 0 Å². The fraction of sp³-hybridized carbons (Fsp3) is 1.00. The second-order valence-electron chi connectivity index (χ2n) is 5.00. The van der Waals surface area contributed by atoms with Crippen LogP contribution in [0.25, 0.3) is 0 Å². The summed E-state index contributed by atoms with van der Waals surface area (Å²) in [5.41, 5.74) is 0. The van der Waals surface area contributed by atoms with E-state index in [1.54, 1.807) is 0 Å². The van der Waals surface area contributed by atoms with Gasteiger partial charge in [0, 0.05) is 19.2 Å². The lowest BCUT2D eigenvalue weighted by atomic mass is 10.1. The molecule has 2 N–H and O–H groups in total. The van der Waals surface area contributed by atoms with E-state index in [0.717, 1.165) is 18.4 Å². The third-order valence-corrected chi connectivity index (χ3v) is 3.92. The lowest BCUT2D eigenvalue weighted by molar-refractivity contribution is 0.205. The SMILES string of the molecule is OCCC1CCN(C2CCCNCC2)C1. The van der Waals surface area contributed by atoms with Gasteiger partial charge in [-0.05, 0) is 57.7 Å². The number of likely N-dealkylation sites (tertiary alicyclic amines) is 1. The van der Waals surface area contributed by atoms with Crippen LogP contribution < -0.4 is 5.32 Å². The molecule has 0 radical (unpaired) electrons. The fourth-order valence-electron chi connectivity index (χ4n) is 2.98. The zero-order valence-electron chi connectivity index (χ0n) is 9.62. The quantitative estimate of drug-likeness (QED) is 0.727. The molecule has 88 valence electrons. The summed E-state index contributed by atoms with van der Waals surface area (Å²) in [7, 11) is 0.